The largest absolute Gasteiger partial charge is 0.478 e. The minimum absolute atomic E-state index is 0.172. The summed E-state index contributed by atoms with van der Waals surface area (Å²) in [6, 6.07) is 19.6. The summed E-state index contributed by atoms with van der Waals surface area (Å²) in [7, 11) is 0. The van der Waals surface area contributed by atoms with Gasteiger partial charge in [-0.1, -0.05) is 48.5 Å². The fraction of sp³-hybridized carbons (Fsp3) is 0. The molecule has 3 N–H and O–H groups in total. The highest BCUT2D eigenvalue weighted by Gasteiger charge is 2.13. The molecule has 1 amide bonds. The maximum absolute atomic E-state index is 12.4. The predicted octanol–water partition coefficient (Wildman–Crippen LogP) is 4.44. The molecule has 0 bridgehead atoms. The molecule has 0 radical (unpaired) electrons. The Morgan fingerprint density at radius 2 is 1.62 bits per heavy atom. The van der Waals surface area contributed by atoms with E-state index in [9.17, 15) is 14.7 Å². The maximum Gasteiger partial charge on any atom is 0.336 e. The third-order valence-corrected chi connectivity index (χ3v) is 4.47. The van der Waals surface area contributed by atoms with Crippen LogP contribution in [0.2, 0.25) is 0 Å². The second-order valence-corrected chi connectivity index (χ2v) is 6.41. The summed E-state index contributed by atoms with van der Waals surface area (Å²) in [6.45, 7) is 0. The van der Waals surface area contributed by atoms with Gasteiger partial charge >= 0.3 is 5.97 Å². The normalized spacial score (nSPS) is 11.4. The van der Waals surface area contributed by atoms with Crippen LogP contribution in [0.3, 0.4) is 0 Å². The van der Waals surface area contributed by atoms with Crippen molar-refractivity contribution in [2.75, 3.05) is 5.32 Å². The summed E-state index contributed by atoms with van der Waals surface area (Å²) in [4.78, 5) is 31.5. The number of aromatic amines is 1. The van der Waals surface area contributed by atoms with Gasteiger partial charge in [-0.15, -0.1) is 0 Å². The number of fused-ring (bicyclic) bond motifs is 1. The lowest BCUT2D eigenvalue weighted by atomic mass is 10.0. The number of amides is 1. The molecule has 0 saturated carbocycles. The van der Waals surface area contributed by atoms with Crippen molar-refractivity contribution >= 4 is 40.2 Å². The van der Waals surface area contributed by atoms with Gasteiger partial charge in [-0.2, -0.15) is 0 Å². The van der Waals surface area contributed by atoms with E-state index in [2.05, 4.69) is 15.3 Å². The van der Waals surface area contributed by atoms with Crippen LogP contribution in [0.1, 0.15) is 21.5 Å². The van der Waals surface area contributed by atoms with Gasteiger partial charge in [0, 0.05) is 22.7 Å². The van der Waals surface area contributed by atoms with Crippen molar-refractivity contribution in [1.82, 2.24) is 9.97 Å². The molecule has 0 unspecified atom stereocenters. The SMILES string of the molecule is O=C(O)/C(=C/c1c[nH]c2ncc(NC(=O)c3ccccc3)cc12)c1ccccc1. The number of carbonyl (C=O) groups is 2. The van der Waals surface area contributed by atoms with Gasteiger partial charge in [-0.25, -0.2) is 9.78 Å². The highest BCUT2D eigenvalue weighted by Crippen LogP contribution is 2.25. The zero-order chi connectivity index (χ0) is 20.2. The molecule has 0 spiro atoms. The average molecular weight is 383 g/mol. The fourth-order valence-corrected chi connectivity index (χ4v) is 3.05. The number of hydrogen-bond donors (Lipinski definition) is 3. The quantitative estimate of drug-likeness (QED) is 0.444. The fourth-order valence-electron chi connectivity index (χ4n) is 3.05. The number of pyridine rings is 1. The van der Waals surface area contributed by atoms with Crippen molar-refractivity contribution < 1.29 is 14.7 Å². The van der Waals surface area contributed by atoms with E-state index in [0.717, 1.165) is 0 Å². The Kier molecular flexibility index (Phi) is 4.90. The molecule has 142 valence electrons. The van der Waals surface area contributed by atoms with Crippen LogP contribution in [0, 0.1) is 0 Å². The monoisotopic (exact) mass is 383 g/mol. The van der Waals surface area contributed by atoms with Crippen LogP contribution in [0.5, 0.6) is 0 Å². The number of aromatic nitrogens is 2. The van der Waals surface area contributed by atoms with Gasteiger partial charge in [0.05, 0.1) is 17.5 Å². The number of anilines is 1. The average Bonchev–Trinajstić information content (AvgIpc) is 3.15. The number of H-pyrrole nitrogens is 1. The number of benzene rings is 2. The van der Waals surface area contributed by atoms with Crippen LogP contribution in [0.4, 0.5) is 5.69 Å². The van der Waals surface area contributed by atoms with Crippen LogP contribution < -0.4 is 5.32 Å². The smallest absolute Gasteiger partial charge is 0.336 e. The number of rotatable bonds is 5. The molecule has 0 fully saturated rings. The van der Waals surface area contributed by atoms with Crippen molar-refractivity contribution in [2.24, 2.45) is 0 Å². The molecule has 0 aliphatic carbocycles. The minimum atomic E-state index is -1.02. The Morgan fingerprint density at radius 1 is 0.966 bits per heavy atom. The van der Waals surface area contributed by atoms with Gasteiger partial charge in [-0.3, -0.25) is 4.79 Å². The van der Waals surface area contributed by atoms with Crippen molar-refractivity contribution in [3.05, 3.63) is 95.8 Å². The highest BCUT2D eigenvalue weighted by atomic mass is 16.4. The lowest BCUT2D eigenvalue weighted by molar-refractivity contribution is -0.130. The van der Waals surface area contributed by atoms with Crippen molar-refractivity contribution in [3.8, 4) is 0 Å². The summed E-state index contributed by atoms with van der Waals surface area (Å²) < 4.78 is 0. The first kappa shape index (κ1) is 18.2. The van der Waals surface area contributed by atoms with Gasteiger partial charge in [0.25, 0.3) is 5.91 Å². The van der Waals surface area contributed by atoms with Crippen LogP contribution in [-0.4, -0.2) is 27.0 Å². The Balaban J connectivity index is 1.70. The summed E-state index contributed by atoms with van der Waals surface area (Å²) in [6.07, 6.45) is 4.86. The summed E-state index contributed by atoms with van der Waals surface area (Å²) in [5.74, 6) is -1.26. The Hall–Kier alpha value is -4.19. The first-order chi connectivity index (χ1) is 14.1. The molecule has 29 heavy (non-hydrogen) atoms. The number of nitrogens with one attached hydrogen (secondary N) is 2. The van der Waals surface area contributed by atoms with E-state index in [1.54, 1.807) is 73.1 Å². The van der Waals surface area contributed by atoms with Gasteiger partial charge in [0.1, 0.15) is 5.65 Å². The zero-order valence-corrected chi connectivity index (χ0v) is 15.3. The molecule has 0 atom stereocenters. The van der Waals surface area contributed by atoms with Crippen LogP contribution >= 0.6 is 0 Å². The summed E-state index contributed by atoms with van der Waals surface area (Å²) in [5.41, 5.74) is 3.12. The number of hydrogen-bond acceptors (Lipinski definition) is 3. The van der Waals surface area contributed by atoms with E-state index in [1.165, 1.54) is 0 Å². The van der Waals surface area contributed by atoms with Gasteiger partial charge in [-0.05, 0) is 29.8 Å². The number of aliphatic carboxylic acids is 1. The molecule has 4 aromatic rings. The third-order valence-electron chi connectivity index (χ3n) is 4.47. The molecule has 0 aliphatic heterocycles. The molecule has 2 heterocycles. The van der Waals surface area contributed by atoms with Crippen molar-refractivity contribution in [3.63, 3.8) is 0 Å². The molecule has 2 aromatic heterocycles. The van der Waals surface area contributed by atoms with E-state index >= 15 is 0 Å². The maximum atomic E-state index is 12.4. The lowest BCUT2D eigenvalue weighted by Gasteiger charge is -2.06. The van der Waals surface area contributed by atoms with Gasteiger partial charge in [0.2, 0.25) is 0 Å². The van der Waals surface area contributed by atoms with Crippen molar-refractivity contribution in [2.45, 2.75) is 0 Å². The topological polar surface area (TPSA) is 95.1 Å². The van der Waals surface area contributed by atoms with E-state index in [4.69, 9.17) is 0 Å². The number of carbonyl (C=O) groups excluding carboxylic acids is 1. The van der Waals surface area contributed by atoms with Crippen LogP contribution in [0.25, 0.3) is 22.7 Å². The molecular weight excluding hydrogens is 366 g/mol. The molecular formula is C23H17N3O3. The lowest BCUT2D eigenvalue weighted by Crippen LogP contribution is -2.11. The van der Waals surface area contributed by atoms with E-state index in [0.29, 0.717) is 33.4 Å². The van der Waals surface area contributed by atoms with Gasteiger partial charge < -0.3 is 15.4 Å². The van der Waals surface area contributed by atoms with E-state index < -0.39 is 5.97 Å². The van der Waals surface area contributed by atoms with Gasteiger partial charge in [0.15, 0.2) is 0 Å². The molecule has 0 aliphatic rings. The summed E-state index contributed by atoms with van der Waals surface area (Å²) in [5, 5.41) is 13.2. The zero-order valence-electron chi connectivity index (χ0n) is 15.3. The molecule has 6 heteroatoms. The minimum Gasteiger partial charge on any atom is -0.478 e. The molecule has 2 aromatic carbocycles. The Morgan fingerprint density at radius 3 is 2.28 bits per heavy atom. The first-order valence-corrected chi connectivity index (χ1v) is 8.96. The Bertz CT molecular complexity index is 1210. The second kappa shape index (κ2) is 7.82. The second-order valence-electron chi connectivity index (χ2n) is 6.41. The van der Waals surface area contributed by atoms with Crippen molar-refractivity contribution in [1.29, 1.82) is 0 Å². The number of carboxylic acid groups (broad SMARTS) is 1. The highest BCUT2D eigenvalue weighted by molar-refractivity contribution is 6.21. The molecule has 4 rings (SSSR count). The third kappa shape index (κ3) is 3.91. The standard InChI is InChI=1S/C23H17N3O3/c27-22(16-9-5-2-6-10-16)26-18-12-19-17(13-24-21(19)25-14-18)11-20(23(28)29)15-7-3-1-4-8-15/h1-14H,(H,24,25)(H,26,27)(H,28,29)/b20-11+. The first-order valence-electron chi connectivity index (χ1n) is 8.96. The van der Waals surface area contributed by atoms with Crippen LogP contribution in [-0.2, 0) is 4.79 Å². The number of nitrogens with zero attached hydrogens (tertiary/aromatic N) is 1. The van der Waals surface area contributed by atoms with E-state index in [-0.39, 0.29) is 11.5 Å². The molecule has 6 nitrogen and oxygen atoms in total. The van der Waals surface area contributed by atoms with E-state index in [1.807, 2.05) is 12.1 Å². The molecule has 0 saturated heterocycles. The summed E-state index contributed by atoms with van der Waals surface area (Å²) >= 11 is 0. The predicted molar refractivity (Wildman–Crippen MR) is 112 cm³/mol. The Labute approximate surface area is 166 Å². The number of carboxylic acids is 1. The van der Waals surface area contributed by atoms with Crippen LogP contribution in [0.15, 0.2) is 79.1 Å².